The molecule has 0 aromatic heterocycles. The molecular weight excluding hydrogens is 228 g/mol. The fourth-order valence-corrected chi connectivity index (χ4v) is 1.98. The summed E-state index contributed by atoms with van der Waals surface area (Å²) in [6.07, 6.45) is 3.48. The van der Waals surface area contributed by atoms with E-state index in [1.807, 2.05) is 14.0 Å². The predicted molar refractivity (Wildman–Crippen MR) is 67.0 cm³/mol. The Morgan fingerprint density at radius 2 is 2.19 bits per heavy atom. The number of likely N-dealkylation sites (N-methyl/N-ethyl adjacent to an activating group) is 1. The fourth-order valence-electron chi connectivity index (χ4n) is 1.98. The largest absolute Gasteiger partial charge is 0.465 e. The molecule has 0 radical (unpaired) electrons. The van der Waals surface area contributed by atoms with Crippen molar-refractivity contribution < 1.29 is 9.53 Å². The second kappa shape index (κ2) is 8.79. The summed E-state index contributed by atoms with van der Waals surface area (Å²) >= 11 is 0. The number of nitrogens with one attached hydrogen (secondary N) is 1. The van der Waals surface area contributed by atoms with E-state index in [2.05, 4.69) is 10.2 Å². The molecule has 1 unspecified atom stereocenters. The molecule has 1 rings (SSSR count). The summed E-state index contributed by atoms with van der Waals surface area (Å²) in [6.45, 7) is 4.88. The van der Waals surface area contributed by atoms with Gasteiger partial charge in [0.1, 0.15) is 0 Å². The smallest absolute Gasteiger partial charge is 0.320 e. The lowest BCUT2D eigenvalue weighted by Crippen LogP contribution is -2.37. The minimum absolute atomic E-state index is 0. The van der Waals surface area contributed by atoms with Crippen molar-refractivity contribution in [2.45, 2.75) is 32.2 Å². The van der Waals surface area contributed by atoms with Crippen LogP contribution in [0.4, 0.5) is 0 Å². The highest BCUT2D eigenvalue weighted by atomic mass is 35.5. The highest BCUT2D eigenvalue weighted by Crippen LogP contribution is 2.11. The predicted octanol–water partition coefficient (Wildman–Crippen LogP) is 1.05. The van der Waals surface area contributed by atoms with Gasteiger partial charge in [0.15, 0.2) is 0 Å². The average Bonchev–Trinajstić information content (AvgIpc) is 2.45. The van der Waals surface area contributed by atoms with Crippen molar-refractivity contribution in [1.29, 1.82) is 0 Å². The normalized spacial score (nSPS) is 21.1. The third-order valence-corrected chi connectivity index (χ3v) is 2.85. The van der Waals surface area contributed by atoms with Crippen molar-refractivity contribution in [3.63, 3.8) is 0 Å². The van der Waals surface area contributed by atoms with Crippen LogP contribution in [0.2, 0.25) is 0 Å². The summed E-state index contributed by atoms with van der Waals surface area (Å²) in [7, 11) is 2.01. The van der Waals surface area contributed by atoms with Crippen molar-refractivity contribution in [3.8, 4) is 0 Å². The molecule has 1 atom stereocenters. The van der Waals surface area contributed by atoms with Crippen LogP contribution in [0.3, 0.4) is 0 Å². The van der Waals surface area contributed by atoms with Gasteiger partial charge in [0.2, 0.25) is 0 Å². The molecule has 0 saturated carbocycles. The van der Waals surface area contributed by atoms with Gasteiger partial charge in [0.05, 0.1) is 13.2 Å². The lowest BCUT2D eigenvalue weighted by atomic mass is 10.1. The molecule has 0 aromatic rings. The van der Waals surface area contributed by atoms with Crippen molar-refractivity contribution in [2.75, 3.05) is 33.3 Å². The van der Waals surface area contributed by atoms with Gasteiger partial charge in [-0.15, -0.1) is 12.4 Å². The van der Waals surface area contributed by atoms with Crippen LogP contribution in [-0.2, 0) is 9.53 Å². The van der Waals surface area contributed by atoms with Gasteiger partial charge in [0.25, 0.3) is 0 Å². The number of nitrogens with zero attached hydrogens (tertiary/aromatic N) is 1. The molecule has 1 saturated heterocycles. The van der Waals surface area contributed by atoms with E-state index in [-0.39, 0.29) is 18.4 Å². The van der Waals surface area contributed by atoms with Crippen molar-refractivity contribution >= 4 is 18.4 Å². The maximum atomic E-state index is 11.3. The Morgan fingerprint density at radius 3 is 2.88 bits per heavy atom. The first-order valence-electron chi connectivity index (χ1n) is 5.80. The van der Waals surface area contributed by atoms with Crippen LogP contribution in [0, 0.1) is 0 Å². The molecular formula is C11H23ClN2O2. The SMILES string of the molecule is CCOC(=O)CN(C)C1CCCNCC1.Cl. The number of hydrogen-bond donors (Lipinski definition) is 1. The maximum absolute atomic E-state index is 11.3. The average molecular weight is 251 g/mol. The molecule has 1 aliphatic heterocycles. The van der Waals surface area contributed by atoms with Gasteiger partial charge in [-0.3, -0.25) is 9.69 Å². The number of carbonyl (C=O) groups excluding carboxylic acids is 1. The second-order valence-electron chi connectivity index (χ2n) is 4.05. The molecule has 4 nitrogen and oxygen atoms in total. The molecule has 0 aromatic carbocycles. The van der Waals surface area contributed by atoms with Crippen LogP contribution in [-0.4, -0.2) is 50.2 Å². The van der Waals surface area contributed by atoms with Crippen LogP contribution >= 0.6 is 12.4 Å². The summed E-state index contributed by atoms with van der Waals surface area (Å²) in [5, 5.41) is 3.37. The van der Waals surface area contributed by atoms with Gasteiger partial charge in [0, 0.05) is 6.04 Å². The Morgan fingerprint density at radius 1 is 1.44 bits per heavy atom. The molecule has 1 fully saturated rings. The van der Waals surface area contributed by atoms with E-state index in [4.69, 9.17) is 4.74 Å². The van der Waals surface area contributed by atoms with E-state index in [0.717, 1.165) is 19.5 Å². The lowest BCUT2D eigenvalue weighted by molar-refractivity contribution is -0.144. The molecule has 1 aliphatic rings. The van der Waals surface area contributed by atoms with E-state index in [9.17, 15) is 4.79 Å². The first-order chi connectivity index (χ1) is 7.24. The summed E-state index contributed by atoms with van der Waals surface area (Å²) in [6, 6.07) is 0.518. The Hall–Kier alpha value is -0.320. The quantitative estimate of drug-likeness (QED) is 0.758. The molecule has 0 bridgehead atoms. The fraction of sp³-hybridized carbons (Fsp3) is 0.909. The van der Waals surface area contributed by atoms with Crippen LogP contribution in [0.15, 0.2) is 0 Å². The molecule has 1 N–H and O–H groups in total. The molecule has 1 heterocycles. The third kappa shape index (κ3) is 5.68. The van der Waals surface area contributed by atoms with E-state index in [1.165, 1.54) is 12.8 Å². The van der Waals surface area contributed by atoms with Crippen molar-refractivity contribution in [3.05, 3.63) is 0 Å². The summed E-state index contributed by atoms with van der Waals surface area (Å²) in [4.78, 5) is 13.4. The first-order valence-corrected chi connectivity index (χ1v) is 5.80. The first kappa shape index (κ1) is 15.7. The maximum Gasteiger partial charge on any atom is 0.320 e. The standard InChI is InChI=1S/C11H22N2O2.ClH/c1-3-15-11(14)9-13(2)10-5-4-7-12-8-6-10;/h10,12H,3-9H2,1-2H3;1H. The van der Waals surface area contributed by atoms with E-state index in [0.29, 0.717) is 19.2 Å². The zero-order valence-electron chi connectivity index (χ0n) is 10.2. The number of ether oxygens (including phenoxy) is 1. The Bertz CT molecular complexity index is 194. The van der Waals surface area contributed by atoms with Gasteiger partial charge in [-0.2, -0.15) is 0 Å². The summed E-state index contributed by atoms with van der Waals surface area (Å²) in [5.41, 5.74) is 0. The molecule has 0 amide bonds. The zero-order chi connectivity index (χ0) is 11.1. The number of rotatable bonds is 4. The number of hydrogen-bond acceptors (Lipinski definition) is 4. The van der Waals surface area contributed by atoms with Crippen LogP contribution < -0.4 is 5.32 Å². The Balaban J connectivity index is 0.00000225. The third-order valence-electron chi connectivity index (χ3n) is 2.85. The van der Waals surface area contributed by atoms with Crippen LogP contribution in [0.1, 0.15) is 26.2 Å². The topological polar surface area (TPSA) is 41.6 Å². The molecule has 5 heteroatoms. The van der Waals surface area contributed by atoms with Crippen LogP contribution in [0.5, 0.6) is 0 Å². The van der Waals surface area contributed by atoms with Gasteiger partial charge in [-0.1, -0.05) is 0 Å². The molecule has 16 heavy (non-hydrogen) atoms. The Labute approximate surface area is 104 Å². The minimum Gasteiger partial charge on any atom is -0.465 e. The van der Waals surface area contributed by atoms with Gasteiger partial charge in [-0.25, -0.2) is 0 Å². The van der Waals surface area contributed by atoms with Crippen molar-refractivity contribution in [1.82, 2.24) is 10.2 Å². The second-order valence-corrected chi connectivity index (χ2v) is 4.05. The van der Waals surface area contributed by atoms with E-state index >= 15 is 0 Å². The van der Waals surface area contributed by atoms with E-state index < -0.39 is 0 Å². The van der Waals surface area contributed by atoms with Gasteiger partial charge < -0.3 is 10.1 Å². The van der Waals surface area contributed by atoms with Gasteiger partial charge >= 0.3 is 5.97 Å². The summed E-state index contributed by atoms with van der Waals surface area (Å²) < 4.78 is 4.94. The monoisotopic (exact) mass is 250 g/mol. The highest BCUT2D eigenvalue weighted by Gasteiger charge is 2.18. The number of halogens is 1. The van der Waals surface area contributed by atoms with Gasteiger partial charge in [-0.05, 0) is 46.3 Å². The summed E-state index contributed by atoms with van der Waals surface area (Å²) in [5.74, 6) is -0.114. The molecule has 96 valence electrons. The van der Waals surface area contributed by atoms with E-state index in [1.54, 1.807) is 0 Å². The zero-order valence-corrected chi connectivity index (χ0v) is 11.0. The van der Waals surface area contributed by atoms with Crippen molar-refractivity contribution in [2.24, 2.45) is 0 Å². The molecule has 0 aliphatic carbocycles. The number of carbonyl (C=O) groups is 1. The van der Waals surface area contributed by atoms with Crippen LogP contribution in [0.25, 0.3) is 0 Å². The highest BCUT2D eigenvalue weighted by molar-refractivity contribution is 5.85. The lowest BCUT2D eigenvalue weighted by Gasteiger charge is -2.25. The Kier molecular flexibility index (Phi) is 8.61. The minimum atomic E-state index is -0.114. The molecule has 0 spiro atoms. The number of esters is 1.